The molecule has 9 heteroatoms. The molecule has 0 aliphatic rings. The van der Waals surface area contributed by atoms with Crippen molar-refractivity contribution < 1.29 is 33.0 Å². The summed E-state index contributed by atoms with van der Waals surface area (Å²) in [5.74, 6) is 0.868. The fourth-order valence-electron chi connectivity index (χ4n) is 3.02. The average Bonchev–Trinajstić information content (AvgIpc) is 3.36. The second-order valence-electron chi connectivity index (χ2n) is 7.04. The van der Waals surface area contributed by atoms with Gasteiger partial charge in [-0.15, -0.1) is 0 Å². The first kappa shape index (κ1) is 24.9. The fourth-order valence-corrected chi connectivity index (χ4v) is 3.02. The van der Waals surface area contributed by atoms with Gasteiger partial charge in [-0.1, -0.05) is 6.07 Å². The number of furan rings is 1. The zero-order valence-electron chi connectivity index (χ0n) is 19.5. The van der Waals surface area contributed by atoms with Gasteiger partial charge in [0.15, 0.2) is 11.5 Å². The monoisotopic (exact) mass is 476 g/mol. The molecule has 0 saturated carbocycles. The molecule has 0 atom stereocenters. The Morgan fingerprint density at radius 2 is 1.80 bits per heavy atom. The van der Waals surface area contributed by atoms with Crippen molar-refractivity contribution in [1.82, 2.24) is 0 Å². The van der Waals surface area contributed by atoms with Crippen LogP contribution in [0.1, 0.15) is 28.8 Å². The molecule has 9 nitrogen and oxygen atoms in total. The lowest BCUT2D eigenvalue weighted by molar-refractivity contribution is -0.112. The summed E-state index contributed by atoms with van der Waals surface area (Å²) in [5.41, 5.74) is 1.02. The Morgan fingerprint density at radius 1 is 1.03 bits per heavy atom. The molecule has 0 bridgehead atoms. The molecule has 2 aromatic carbocycles. The molecule has 3 rings (SSSR count). The topological polar surface area (TPSA) is 120 Å². The number of hydrogen-bond donors (Lipinski definition) is 1. The molecule has 0 saturated heterocycles. The van der Waals surface area contributed by atoms with Gasteiger partial charge in [-0.05, 0) is 67.1 Å². The van der Waals surface area contributed by atoms with E-state index in [2.05, 4.69) is 10.1 Å². The molecule has 1 heterocycles. The largest absolute Gasteiger partial charge is 0.494 e. The first-order valence-electron chi connectivity index (χ1n) is 10.6. The average molecular weight is 476 g/mol. The van der Waals surface area contributed by atoms with Crippen LogP contribution in [0.15, 0.2) is 64.6 Å². The Morgan fingerprint density at radius 3 is 2.46 bits per heavy atom. The standard InChI is InChI=1S/C26H24N2O7/c1-4-33-20-8-6-19(7-9-20)28-25(29)18(15-27)13-17-5-11-22(24(14-17)31-2)34-16-21-10-12-23(35-21)26(30)32-3/h5-14H,4,16H2,1-3H3,(H,28,29). The zero-order valence-corrected chi connectivity index (χ0v) is 19.5. The minimum absolute atomic E-state index is 0.0521. The first-order valence-corrected chi connectivity index (χ1v) is 10.6. The number of nitrogens with one attached hydrogen (secondary N) is 1. The van der Waals surface area contributed by atoms with Crippen LogP contribution in [-0.4, -0.2) is 32.7 Å². The van der Waals surface area contributed by atoms with Crippen LogP contribution in [0, 0.1) is 11.3 Å². The molecule has 1 aromatic heterocycles. The van der Waals surface area contributed by atoms with Gasteiger partial charge in [-0.3, -0.25) is 4.79 Å². The smallest absolute Gasteiger partial charge is 0.373 e. The molecule has 1 N–H and O–H groups in total. The normalized spacial score (nSPS) is 10.7. The van der Waals surface area contributed by atoms with E-state index in [1.54, 1.807) is 48.5 Å². The Kier molecular flexibility index (Phi) is 8.51. The van der Waals surface area contributed by atoms with Crippen molar-refractivity contribution >= 4 is 23.6 Å². The summed E-state index contributed by atoms with van der Waals surface area (Å²) in [5, 5.41) is 12.2. The van der Waals surface area contributed by atoms with Gasteiger partial charge < -0.3 is 28.7 Å². The number of methoxy groups -OCH3 is 2. The molecule has 0 radical (unpaired) electrons. The number of carbonyl (C=O) groups is 2. The predicted octanol–water partition coefficient (Wildman–Crippen LogP) is 4.60. The quantitative estimate of drug-likeness (QED) is 0.256. The van der Waals surface area contributed by atoms with E-state index >= 15 is 0 Å². The number of anilines is 1. The summed E-state index contributed by atoms with van der Waals surface area (Å²) in [4.78, 5) is 24.1. The van der Waals surface area contributed by atoms with Gasteiger partial charge in [0, 0.05) is 5.69 Å². The van der Waals surface area contributed by atoms with E-state index < -0.39 is 11.9 Å². The van der Waals surface area contributed by atoms with Crippen molar-refractivity contribution in [3.63, 3.8) is 0 Å². The number of hydrogen-bond acceptors (Lipinski definition) is 8. The van der Waals surface area contributed by atoms with Gasteiger partial charge in [0.25, 0.3) is 5.91 Å². The Bertz CT molecular complexity index is 1250. The second-order valence-corrected chi connectivity index (χ2v) is 7.04. The number of benzene rings is 2. The third kappa shape index (κ3) is 6.65. The van der Waals surface area contributed by atoms with Crippen molar-refractivity contribution in [1.29, 1.82) is 5.26 Å². The molecule has 1 amide bonds. The van der Waals surface area contributed by atoms with Crippen molar-refractivity contribution in [2.24, 2.45) is 0 Å². The summed E-state index contributed by atoms with van der Waals surface area (Å²) in [6.07, 6.45) is 1.45. The lowest BCUT2D eigenvalue weighted by Crippen LogP contribution is -2.13. The van der Waals surface area contributed by atoms with Gasteiger partial charge in [-0.25, -0.2) is 4.79 Å². The number of rotatable bonds is 10. The van der Waals surface area contributed by atoms with E-state index in [1.807, 2.05) is 13.0 Å². The lowest BCUT2D eigenvalue weighted by Gasteiger charge is -2.11. The molecule has 0 aliphatic heterocycles. The Balaban J connectivity index is 1.69. The van der Waals surface area contributed by atoms with E-state index in [0.717, 1.165) is 0 Å². The third-order valence-corrected chi connectivity index (χ3v) is 4.71. The van der Waals surface area contributed by atoms with Crippen LogP contribution in [0.25, 0.3) is 6.08 Å². The summed E-state index contributed by atoms with van der Waals surface area (Å²) in [6.45, 7) is 2.48. The molecular formula is C26H24N2O7. The number of esters is 1. The highest BCUT2D eigenvalue weighted by atomic mass is 16.5. The summed E-state index contributed by atoms with van der Waals surface area (Å²) >= 11 is 0. The van der Waals surface area contributed by atoms with Crippen LogP contribution in [-0.2, 0) is 16.1 Å². The summed E-state index contributed by atoms with van der Waals surface area (Å²) < 4.78 is 26.5. The van der Waals surface area contributed by atoms with Crippen LogP contribution in [0.2, 0.25) is 0 Å². The highest BCUT2D eigenvalue weighted by molar-refractivity contribution is 6.09. The molecule has 180 valence electrons. The molecule has 35 heavy (non-hydrogen) atoms. The molecule has 0 fully saturated rings. The SMILES string of the molecule is CCOc1ccc(NC(=O)C(C#N)=Cc2ccc(OCc3ccc(C(=O)OC)o3)c(OC)c2)cc1. The van der Waals surface area contributed by atoms with Crippen LogP contribution in [0.4, 0.5) is 5.69 Å². The van der Waals surface area contributed by atoms with E-state index in [1.165, 1.54) is 26.4 Å². The van der Waals surface area contributed by atoms with E-state index in [4.69, 9.17) is 18.6 Å². The summed E-state index contributed by atoms with van der Waals surface area (Å²) in [6, 6.07) is 16.8. The van der Waals surface area contributed by atoms with Gasteiger partial charge in [0.2, 0.25) is 5.76 Å². The number of amides is 1. The minimum atomic E-state index is -0.579. The minimum Gasteiger partial charge on any atom is -0.494 e. The lowest BCUT2D eigenvalue weighted by atomic mass is 10.1. The van der Waals surface area contributed by atoms with Crippen LogP contribution in [0.3, 0.4) is 0 Å². The number of nitrogens with zero attached hydrogens (tertiary/aromatic N) is 1. The number of carbonyl (C=O) groups excluding carboxylic acids is 2. The fraction of sp³-hybridized carbons (Fsp3) is 0.192. The highest BCUT2D eigenvalue weighted by Gasteiger charge is 2.14. The van der Waals surface area contributed by atoms with Gasteiger partial charge >= 0.3 is 5.97 Å². The molecule has 3 aromatic rings. The van der Waals surface area contributed by atoms with Gasteiger partial charge in [0.1, 0.15) is 29.8 Å². The summed E-state index contributed by atoms with van der Waals surface area (Å²) in [7, 11) is 2.74. The molecule has 0 unspecified atom stereocenters. The maximum absolute atomic E-state index is 12.6. The van der Waals surface area contributed by atoms with E-state index in [-0.39, 0.29) is 17.9 Å². The molecule has 0 aliphatic carbocycles. The van der Waals surface area contributed by atoms with Crippen LogP contribution < -0.4 is 19.5 Å². The maximum atomic E-state index is 12.6. The predicted molar refractivity (Wildman–Crippen MR) is 127 cm³/mol. The molecular weight excluding hydrogens is 452 g/mol. The highest BCUT2D eigenvalue weighted by Crippen LogP contribution is 2.30. The third-order valence-electron chi connectivity index (χ3n) is 4.71. The Hall–Kier alpha value is -4.71. The van der Waals surface area contributed by atoms with Gasteiger partial charge in [0.05, 0.1) is 20.8 Å². The second kappa shape index (κ2) is 12.0. The van der Waals surface area contributed by atoms with Crippen molar-refractivity contribution in [3.05, 3.63) is 77.3 Å². The van der Waals surface area contributed by atoms with Crippen LogP contribution >= 0.6 is 0 Å². The first-order chi connectivity index (χ1) is 17.0. The maximum Gasteiger partial charge on any atom is 0.373 e. The van der Waals surface area contributed by atoms with Gasteiger partial charge in [-0.2, -0.15) is 5.26 Å². The van der Waals surface area contributed by atoms with E-state index in [0.29, 0.717) is 40.9 Å². The van der Waals surface area contributed by atoms with Crippen molar-refractivity contribution in [2.45, 2.75) is 13.5 Å². The van der Waals surface area contributed by atoms with E-state index in [9.17, 15) is 14.9 Å². The Labute approximate surface area is 202 Å². The van der Waals surface area contributed by atoms with Crippen LogP contribution in [0.5, 0.6) is 17.2 Å². The number of nitriles is 1. The molecule has 0 spiro atoms. The zero-order chi connectivity index (χ0) is 25.2. The number of ether oxygens (including phenoxy) is 4. The van der Waals surface area contributed by atoms with Crippen molar-refractivity contribution in [3.8, 4) is 23.3 Å². The van der Waals surface area contributed by atoms with Crippen molar-refractivity contribution in [2.75, 3.05) is 26.1 Å².